The van der Waals surface area contributed by atoms with Crippen LogP contribution in [0.2, 0.25) is 0 Å². The van der Waals surface area contributed by atoms with Crippen molar-refractivity contribution in [3.05, 3.63) is 42.2 Å². The Morgan fingerprint density at radius 2 is 2.10 bits per heavy atom. The van der Waals surface area contributed by atoms with Gasteiger partial charge in [-0.25, -0.2) is 8.42 Å². The van der Waals surface area contributed by atoms with E-state index in [2.05, 4.69) is 15.3 Å². The predicted octanol–water partition coefficient (Wildman–Crippen LogP) is 1.50. The molecule has 0 amide bonds. The Labute approximate surface area is 117 Å². The van der Waals surface area contributed by atoms with Gasteiger partial charge < -0.3 is 10.1 Å². The molecule has 2 aromatic rings. The van der Waals surface area contributed by atoms with Gasteiger partial charge in [0.05, 0.1) is 24.4 Å². The van der Waals surface area contributed by atoms with Gasteiger partial charge in [-0.1, -0.05) is 12.1 Å². The summed E-state index contributed by atoms with van der Waals surface area (Å²) in [6.07, 6.45) is 4.27. The van der Waals surface area contributed by atoms with Gasteiger partial charge in [0.15, 0.2) is 9.84 Å². The van der Waals surface area contributed by atoms with Crippen LogP contribution in [0.25, 0.3) is 0 Å². The predicted molar refractivity (Wildman–Crippen MR) is 75.5 cm³/mol. The molecular weight excluding hydrogens is 278 g/mol. The number of ether oxygens (including phenoxy) is 1. The molecule has 20 heavy (non-hydrogen) atoms. The van der Waals surface area contributed by atoms with Crippen LogP contribution >= 0.6 is 0 Å². The molecule has 0 aliphatic heterocycles. The molecule has 0 fully saturated rings. The molecule has 1 heterocycles. The van der Waals surface area contributed by atoms with Crippen LogP contribution in [0.15, 0.2) is 41.6 Å². The summed E-state index contributed by atoms with van der Waals surface area (Å²) in [4.78, 5) is 8.44. The molecule has 0 atom stereocenters. The highest BCUT2D eigenvalue weighted by Crippen LogP contribution is 2.13. The molecule has 1 aromatic carbocycles. The average Bonchev–Trinajstić information content (AvgIpc) is 2.45. The Morgan fingerprint density at radius 1 is 1.30 bits per heavy atom. The summed E-state index contributed by atoms with van der Waals surface area (Å²) in [6, 6.07) is 6.76. The number of hydrogen-bond donors (Lipinski definition) is 1. The van der Waals surface area contributed by atoms with Gasteiger partial charge in [-0.05, 0) is 17.7 Å². The molecule has 1 aromatic heterocycles. The molecule has 0 aliphatic rings. The zero-order valence-corrected chi connectivity index (χ0v) is 12.0. The smallest absolute Gasteiger partial charge is 0.233 e. The first-order chi connectivity index (χ1) is 9.49. The Morgan fingerprint density at radius 3 is 2.80 bits per heavy atom. The highest BCUT2D eigenvalue weighted by Gasteiger charge is 2.07. The standard InChI is InChI=1S/C13H15N3O3S/c1-19-13-9-14-8-12(16-13)15-7-10-4-3-5-11(6-10)20(2,17)18/h3-6,8-9H,7H2,1-2H3,(H,15,16). The van der Waals surface area contributed by atoms with Crippen molar-refractivity contribution in [3.8, 4) is 5.88 Å². The normalized spacial score (nSPS) is 11.1. The lowest BCUT2D eigenvalue weighted by atomic mass is 10.2. The van der Waals surface area contributed by atoms with Crippen molar-refractivity contribution in [2.45, 2.75) is 11.4 Å². The molecule has 0 saturated carbocycles. The third kappa shape index (κ3) is 3.67. The molecule has 0 radical (unpaired) electrons. The quantitative estimate of drug-likeness (QED) is 0.899. The van der Waals surface area contributed by atoms with Gasteiger partial charge in [0.2, 0.25) is 5.88 Å². The van der Waals surface area contributed by atoms with Crippen LogP contribution < -0.4 is 10.1 Å². The maximum absolute atomic E-state index is 11.5. The fourth-order valence-electron chi connectivity index (χ4n) is 1.61. The van der Waals surface area contributed by atoms with E-state index in [4.69, 9.17) is 4.74 Å². The first-order valence-electron chi connectivity index (χ1n) is 5.88. The largest absolute Gasteiger partial charge is 0.480 e. The van der Waals surface area contributed by atoms with E-state index >= 15 is 0 Å². The number of sulfone groups is 1. The minimum atomic E-state index is -3.19. The average molecular weight is 293 g/mol. The van der Waals surface area contributed by atoms with Gasteiger partial charge in [0, 0.05) is 12.8 Å². The number of hydrogen-bond acceptors (Lipinski definition) is 6. The summed E-state index contributed by atoms with van der Waals surface area (Å²) in [5, 5.41) is 3.07. The fourth-order valence-corrected chi connectivity index (χ4v) is 2.30. The molecule has 1 N–H and O–H groups in total. The zero-order chi connectivity index (χ0) is 14.6. The highest BCUT2D eigenvalue weighted by molar-refractivity contribution is 7.90. The van der Waals surface area contributed by atoms with E-state index in [-0.39, 0.29) is 0 Å². The molecular formula is C13H15N3O3S. The summed E-state index contributed by atoms with van der Waals surface area (Å²) in [5.41, 5.74) is 0.845. The molecule has 6 nitrogen and oxygen atoms in total. The second-order valence-corrected chi connectivity index (χ2v) is 6.24. The third-order valence-corrected chi connectivity index (χ3v) is 3.73. The Hall–Kier alpha value is -2.15. The molecule has 2 rings (SSSR count). The number of nitrogens with one attached hydrogen (secondary N) is 1. The van der Waals surface area contributed by atoms with Crippen molar-refractivity contribution in [2.75, 3.05) is 18.7 Å². The molecule has 0 aliphatic carbocycles. The maximum Gasteiger partial charge on any atom is 0.233 e. The Balaban J connectivity index is 2.11. The number of anilines is 1. The third-order valence-electron chi connectivity index (χ3n) is 2.62. The van der Waals surface area contributed by atoms with Gasteiger partial charge >= 0.3 is 0 Å². The lowest BCUT2D eigenvalue weighted by Gasteiger charge is -2.07. The van der Waals surface area contributed by atoms with Gasteiger partial charge in [-0.3, -0.25) is 4.98 Å². The van der Waals surface area contributed by atoms with E-state index < -0.39 is 9.84 Å². The number of methoxy groups -OCH3 is 1. The van der Waals surface area contributed by atoms with E-state index in [9.17, 15) is 8.42 Å². The van der Waals surface area contributed by atoms with Crippen molar-refractivity contribution in [1.82, 2.24) is 9.97 Å². The highest BCUT2D eigenvalue weighted by atomic mass is 32.2. The van der Waals surface area contributed by atoms with Crippen LogP contribution in [0.3, 0.4) is 0 Å². The van der Waals surface area contributed by atoms with E-state index in [1.165, 1.54) is 19.6 Å². The van der Waals surface area contributed by atoms with E-state index in [0.717, 1.165) is 5.56 Å². The minimum Gasteiger partial charge on any atom is -0.480 e. The summed E-state index contributed by atoms with van der Waals surface area (Å²) in [5.74, 6) is 0.981. The van der Waals surface area contributed by atoms with Crippen molar-refractivity contribution in [3.63, 3.8) is 0 Å². The van der Waals surface area contributed by atoms with Crippen molar-refractivity contribution >= 4 is 15.7 Å². The van der Waals surface area contributed by atoms with Crippen molar-refractivity contribution in [2.24, 2.45) is 0 Å². The Kier molecular flexibility index (Phi) is 4.19. The summed E-state index contributed by atoms with van der Waals surface area (Å²) in [6.45, 7) is 0.450. The van der Waals surface area contributed by atoms with Crippen LogP contribution in [0, 0.1) is 0 Å². The number of aromatic nitrogens is 2. The summed E-state index contributed by atoms with van der Waals surface area (Å²) in [7, 11) is -1.68. The maximum atomic E-state index is 11.5. The van der Waals surface area contributed by atoms with Gasteiger partial charge in [-0.2, -0.15) is 4.98 Å². The SMILES string of the molecule is COc1cncc(NCc2cccc(S(C)(=O)=O)c2)n1. The summed E-state index contributed by atoms with van der Waals surface area (Å²) < 4.78 is 27.9. The number of nitrogens with zero attached hydrogens (tertiary/aromatic N) is 2. The van der Waals surface area contributed by atoms with Crippen molar-refractivity contribution < 1.29 is 13.2 Å². The molecule has 106 valence electrons. The molecule has 0 bridgehead atoms. The number of rotatable bonds is 5. The molecule has 0 unspecified atom stereocenters. The first kappa shape index (κ1) is 14.3. The second-order valence-electron chi connectivity index (χ2n) is 4.22. The molecule has 0 spiro atoms. The van der Waals surface area contributed by atoms with E-state index in [0.29, 0.717) is 23.1 Å². The zero-order valence-electron chi connectivity index (χ0n) is 11.2. The van der Waals surface area contributed by atoms with E-state index in [1.807, 2.05) is 6.07 Å². The monoisotopic (exact) mass is 293 g/mol. The van der Waals surface area contributed by atoms with Crippen LogP contribution in [0.1, 0.15) is 5.56 Å². The van der Waals surface area contributed by atoms with Crippen LogP contribution in [0.4, 0.5) is 5.82 Å². The lowest BCUT2D eigenvalue weighted by Crippen LogP contribution is -2.04. The Bertz CT molecular complexity index is 702. The molecule has 0 saturated heterocycles. The van der Waals surface area contributed by atoms with E-state index in [1.54, 1.807) is 24.4 Å². The first-order valence-corrected chi connectivity index (χ1v) is 7.77. The van der Waals surface area contributed by atoms with Gasteiger partial charge in [-0.15, -0.1) is 0 Å². The van der Waals surface area contributed by atoms with Gasteiger partial charge in [0.25, 0.3) is 0 Å². The van der Waals surface area contributed by atoms with Crippen LogP contribution in [-0.4, -0.2) is 31.8 Å². The summed E-state index contributed by atoms with van der Waals surface area (Å²) >= 11 is 0. The second kappa shape index (κ2) is 5.87. The van der Waals surface area contributed by atoms with Crippen LogP contribution in [-0.2, 0) is 16.4 Å². The molecule has 7 heteroatoms. The topological polar surface area (TPSA) is 81.2 Å². The van der Waals surface area contributed by atoms with Gasteiger partial charge in [0.1, 0.15) is 5.82 Å². The minimum absolute atomic E-state index is 0.300. The fraction of sp³-hybridized carbons (Fsp3) is 0.231. The van der Waals surface area contributed by atoms with Crippen LogP contribution in [0.5, 0.6) is 5.88 Å². The number of benzene rings is 1. The lowest BCUT2D eigenvalue weighted by molar-refractivity contribution is 0.396. The van der Waals surface area contributed by atoms with Crippen molar-refractivity contribution in [1.29, 1.82) is 0 Å².